The predicted molar refractivity (Wildman–Crippen MR) is 87.4 cm³/mol. The highest BCUT2D eigenvalue weighted by molar-refractivity contribution is 8.05. The average Bonchev–Trinajstić information content (AvgIpc) is 2.27. The zero-order valence-electron chi connectivity index (χ0n) is 12.0. The van der Waals surface area contributed by atoms with Gasteiger partial charge < -0.3 is 0 Å². The van der Waals surface area contributed by atoms with Crippen LogP contribution in [0.1, 0.15) is 13.8 Å². The van der Waals surface area contributed by atoms with Crippen LogP contribution in [0.2, 0.25) is 19.6 Å². The number of benzene rings is 1. The van der Waals surface area contributed by atoms with Gasteiger partial charge in [0, 0.05) is 17.2 Å². The molecule has 0 unspecified atom stereocenters. The van der Waals surface area contributed by atoms with E-state index in [-0.39, 0.29) is 0 Å². The fraction of sp³-hybridized carbons (Fsp3) is 0.400. The van der Waals surface area contributed by atoms with E-state index in [4.69, 9.17) is 0 Å². The minimum absolute atomic E-state index is 0.367. The third kappa shape index (κ3) is 5.69. The number of allylic oxidation sites excluding steroid dienone is 1. The van der Waals surface area contributed by atoms with Crippen molar-refractivity contribution in [3.8, 4) is 0 Å². The fourth-order valence-electron chi connectivity index (χ4n) is 1.34. The van der Waals surface area contributed by atoms with Crippen molar-refractivity contribution in [1.29, 1.82) is 0 Å². The Kier molecular flexibility index (Phi) is 5.89. The first-order chi connectivity index (χ1) is 8.39. The molecule has 0 saturated carbocycles. The lowest BCUT2D eigenvalue weighted by molar-refractivity contribution is 0.842. The van der Waals surface area contributed by atoms with Crippen LogP contribution in [0.25, 0.3) is 0 Å². The number of aliphatic imine (C=N–C) groups is 1. The second-order valence-corrected chi connectivity index (χ2v) is 12.1. The summed E-state index contributed by atoms with van der Waals surface area (Å²) < 4.78 is 1.47. The zero-order chi connectivity index (χ0) is 13.6. The fourth-order valence-corrected chi connectivity index (χ4v) is 4.16. The molecule has 0 amide bonds. The minimum atomic E-state index is -1.31. The van der Waals surface area contributed by atoms with Gasteiger partial charge in [-0.05, 0) is 36.6 Å². The molecule has 98 valence electrons. The Hall–Kier alpha value is -0.803. The van der Waals surface area contributed by atoms with Crippen LogP contribution in [0.3, 0.4) is 0 Å². The van der Waals surface area contributed by atoms with Gasteiger partial charge in [0.2, 0.25) is 0 Å². The normalized spacial score (nSPS) is 13.6. The van der Waals surface area contributed by atoms with Crippen molar-refractivity contribution >= 4 is 26.1 Å². The number of hydrogen-bond donors (Lipinski definition) is 0. The van der Waals surface area contributed by atoms with Crippen LogP contribution < -0.4 is 0 Å². The van der Waals surface area contributed by atoms with E-state index in [2.05, 4.69) is 74.9 Å². The third-order valence-electron chi connectivity index (χ3n) is 2.32. The van der Waals surface area contributed by atoms with Gasteiger partial charge in [0.05, 0.1) is 8.07 Å². The smallest absolute Gasteiger partial charge is 0.0862 e. The molecule has 0 aliphatic heterocycles. The molecule has 0 aliphatic carbocycles. The van der Waals surface area contributed by atoms with Crippen molar-refractivity contribution in [2.75, 3.05) is 0 Å². The lowest BCUT2D eigenvalue weighted by Gasteiger charge is -2.19. The molecule has 0 radical (unpaired) electrons. The van der Waals surface area contributed by atoms with Gasteiger partial charge in [-0.25, -0.2) is 0 Å². The Morgan fingerprint density at radius 1 is 1.17 bits per heavy atom. The molecular formula is C15H23NSSi. The Bertz CT molecular complexity index is 416. The first-order valence-electron chi connectivity index (χ1n) is 6.36. The Balaban J connectivity index is 2.87. The van der Waals surface area contributed by atoms with Gasteiger partial charge in [0.15, 0.2) is 0 Å². The summed E-state index contributed by atoms with van der Waals surface area (Å²) in [6.07, 6.45) is 4.16. The summed E-state index contributed by atoms with van der Waals surface area (Å²) in [6.45, 7) is 11.3. The van der Waals surface area contributed by atoms with E-state index in [0.717, 1.165) is 0 Å². The van der Waals surface area contributed by atoms with Gasteiger partial charge in [-0.3, -0.25) is 4.99 Å². The van der Waals surface area contributed by atoms with E-state index in [0.29, 0.717) is 6.04 Å². The summed E-state index contributed by atoms with van der Waals surface area (Å²) in [4.78, 5) is 5.74. The molecule has 1 rings (SSSR count). The molecule has 0 saturated heterocycles. The lowest BCUT2D eigenvalue weighted by atomic mass is 10.4. The van der Waals surface area contributed by atoms with Crippen LogP contribution in [-0.2, 0) is 0 Å². The first-order valence-corrected chi connectivity index (χ1v) is 10.7. The predicted octanol–water partition coefficient (Wildman–Crippen LogP) is 5.02. The molecule has 1 aromatic rings. The molecule has 0 fully saturated rings. The van der Waals surface area contributed by atoms with E-state index in [1.807, 2.05) is 18.0 Å². The highest BCUT2D eigenvalue weighted by atomic mass is 32.2. The Morgan fingerprint density at radius 3 is 2.28 bits per heavy atom. The molecule has 0 bridgehead atoms. The molecule has 0 heterocycles. The van der Waals surface area contributed by atoms with E-state index in [9.17, 15) is 0 Å². The van der Waals surface area contributed by atoms with Gasteiger partial charge in [0.25, 0.3) is 0 Å². The van der Waals surface area contributed by atoms with Crippen LogP contribution in [0.4, 0.5) is 0 Å². The molecule has 1 aromatic carbocycles. The van der Waals surface area contributed by atoms with Gasteiger partial charge >= 0.3 is 0 Å². The summed E-state index contributed by atoms with van der Waals surface area (Å²) in [5.74, 6) is 0. The standard InChI is InChI=1S/C15H23NSSi/c1-13(2)16-12-11-15(18(3,4)5)17-14-9-7-6-8-10-14/h6-13H,1-5H3/b15-11+,16-12?. The monoisotopic (exact) mass is 277 g/mol. The van der Waals surface area contributed by atoms with E-state index in [1.54, 1.807) is 0 Å². The summed E-state index contributed by atoms with van der Waals surface area (Å²) in [6, 6.07) is 10.9. The number of rotatable bonds is 5. The van der Waals surface area contributed by atoms with E-state index < -0.39 is 8.07 Å². The quantitative estimate of drug-likeness (QED) is 0.418. The van der Waals surface area contributed by atoms with Crippen LogP contribution in [0.5, 0.6) is 0 Å². The SMILES string of the molecule is CC(C)N=C/C=C(\Sc1ccccc1)[Si](C)(C)C. The molecule has 0 spiro atoms. The van der Waals surface area contributed by atoms with Crippen molar-refractivity contribution in [2.45, 2.75) is 44.4 Å². The van der Waals surface area contributed by atoms with E-state index >= 15 is 0 Å². The van der Waals surface area contributed by atoms with Crippen molar-refractivity contribution < 1.29 is 0 Å². The molecule has 0 aromatic heterocycles. The topological polar surface area (TPSA) is 12.4 Å². The maximum Gasteiger partial charge on any atom is 0.0862 e. The highest BCUT2D eigenvalue weighted by Crippen LogP contribution is 2.32. The van der Waals surface area contributed by atoms with Crippen molar-refractivity contribution in [2.24, 2.45) is 4.99 Å². The molecule has 0 N–H and O–H groups in total. The summed E-state index contributed by atoms with van der Waals surface area (Å²) in [5.41, 5.74) is 0. The summed E-state index contributed by atoms with van der Waals surface area (Å²) >= 11 is 1.88. The second kappa shape index (κ2) is 6.95. The van der Waals surface area contributed by atoms with Crippen molar-refractivity contribution in [1.82, 2.24) is 0 Å². The molecular weight excluding hydrogens is 254 g/mol. The highest BCUT2D eigenvalue weighted by Gasteiger charge is 2.20. The maximum absolute atomic E-state index is 4.43. The number of hydrogen-bond acceptors (Lipinski definition) is 2. The third-order valence-corrected chi connectivity index (χ3v) is 6.97. The largest absolute Gasteiger partial charge is 0.290 e. The molecule has 0 aliphatic rings. The lowest BCUT2D eigenvalue weighted by Crippen LogP contribution is -2.22. The summed E-state index contributed by atoms with van der Waals surface area (Å²) in [7, 11) is -1.31. The average molecular weight is 278 g/mol. The van der Waals surface area contributed by atoms with Crippen LogP contribution in [0.15, 0.2) is 50.8 Å². The summed E-state index contributed by atoms with van der Waals surface area (Å²) in [5, 5.41) is 0. The molecule has 1 nitrogen and oxygen atoms in total. The van der Waals surface area contributed by atoms with E-state index in [1.165, 1.54) is 9.42 Å². The number of thioether (sulfide) groups is 1. The van der Waals surface area contributed by atoms with Gasteiger partial charge in [-0.15, -0.1) is 0 Å². The van der Waals surface area contributed by atoms with Crippen LogP contribution in [-0.4, -0.2) is 20.3 Å². The minimum Gasteiger partial charge on any atom is -0.290 e. The van der Waals surface area contributed by atoms with Crippen molar-refractivity contribution in [3.63, 3.8) is 0 Å². The number of nitrogens with zero attached hydrogens (tertiary/aromatic N) is 1. The van der Waals surface area contributed by atoms with Crippen LogP contribution in [0, 0.1) is 0 Å². The zero-order valence-corrected chi connectivity index (χ0v) is 13.8. The van der Waals surface area contributed by atoms with Gasteiger partial charge in [-0.1, -0.05) is 49.6 Å². The van der Waals surface area contributed by atoms with Gasteiger partial charge in [0.1, 0.15) is 0 Å². The Morgan fingerprint density at radius 2 is 1.78 bits per heavy atom. The molecule has 3 heteroatoms. The second-order valence-electron chi connectivity index (χ2n) is 5.59. The maximum atomic E-state index is 4.43. The Labute approximate surface area is 116 Å². The van der Waals surface area contributed by atoms with Crippen molar-refractivity contribution in [3.05, 3.63) is 40.9 Å². The first kappa shape index (κ1) is 15.3. The van der Waals surface area contributed by atoms with Gasteiger partial charge in [-0.2, -0.15) is 0 Å². The molecule has 0 atom stereocenters. The van der Waals surface area contributed by atoms with Crippen LogP contribution >= 0.6 is 11.8 Å². The molecule has 18 heavy (non-hydrogen) atoms.